The fourth-order valence-electron chi connectivity index (χ4n) is 4.52. The molecule has 2 aliphatic heterocycles. The number of fused-ring (bicyclic) bond motifs is 2. The average Bonchev–Trinajstić information content (AvgIpc) is 3.30. The maximum Gasteiger partial charge on any atom is 0.422 e. The van der Waals surface area contributed by atoms with Gasteiger partial charge in [0.1, 0.15) is 23.5 Å². The Morgan fingerprint density at radius 2 is 1.83 bits per heavy atom. The molecule has 2 saturated heterocycles. The van der Waals surface area contributed by atoms with Gasteiger partial charge in [-0.15, -0.1) is 11.8 Å². The van der Waals surface area contributed by atoms with E-state index in [4.69, 9.17) is 14.9 Å². The number of oxazole rings is 1. The van der Waals surface area contributed by atoms with Gasteiger partial charge in [-0.1, -0.05) is 42.5 Å². The third-order valence-electron chi connectivity index (χ3n) is 6.31. The molecule has 0 saturated carbocycles. The van der Waals surface area contributed by atoms with Crippen molar-refractivity contribution in [3.8, 4) is 0 Å². The molecular formula is C24H24N4O6S. The number of hydrogen-bond donors (Lipinski definition) is 2. The number of esters is 1. The topological polar surface area (TPSA) is 137 Å². The Kier molecular flexibility index (Phi) is 5.68. The van der Waals surface area contributed by atoms with Gasteiger partial charge < -0.3 is 25.1 Å². The Hall–Kier alpha value is -3.57. The molecule has 2 aromatic carbocycles. The normalized spacial score (nSPS) is 23.5. The van der Waals surface area contributed by atoms with Crippen LogP contribution in [0.5, 0.6) is 0 Å². The Bertz CT molecular complexity index is 1370. The maximum absolute atomic E-state index is 13.1. The number of nitrogens with zero attached hydrogens (tertiary/aromatic N) is 2. The molecule has 10 nitrogen and oxygen atoms in total. The fraction of sp³-hybridized carbons (Fsp3) is 0.333. The third-order valence-corrected chi connectivity index (χ3v) is 7.88. The van der Waals surface area contributed by atoms with Crippen molar-refractivity contribution in [1.82, 2.24) is 14.8 Å². The monoisotopic (exact) mass is 496 g/mol. The van der Waals surface area contributed by atoms with Crippen LogP contribution in [-0.4, -0.2) is 49.5 Å². The van der Waals surface area contributed by atoms with Crippen LogP contribution in [0.25, 0.3) is 11.1 Å². The number of hydrogen-bond acceptors (Lipinski definition) is 8. The van der Waals surface area contributed by atoms with Crippen molar-refractivity contribution in [2.45, 2.75) is 48.8 Å². The minimum Gasteiger partial charge on any atom is -0.442 e. The Labute approximate surface area is 204 Å². The van der Waals surface area contributed by atoms with Crippen LogP contribution in [0.15, 0.2) is 63.8 Å². The summed E-state index contributed by atoms with van der Waals surface area (Å²) in [6.45, 7) is 3.33. The van der Waals surface area contributed by atoms with E-state index >= 15 is 0 Å². The molecule has 182 valence electrons. The van der Waals surface area contributed by atoms with Crippen LogP contribution in [0.3, 0.4) is 0 Å². The predicted octanol–water partition coefficient (Wildman–Crippen LogP) is 1.34. The lowest BCUT2D eigenvalue weighted by atomic mass is 9.95. The first-order valence-electron chi connectivity index (χ1n) is 11.0. The molecule has 0 aliphatic carbocycles. The lowest BCUT2D eigenvalue weighted by Gasteiger charge is -2.44. The summed E-state index contributed by atoms with van der Waals surface area (Å²) in [6, 6.07) is 13.1. The second kappa shape index (κ2) is 8.58. The highest BCUT2D eigenvalue weighted by atomic mass is 32.2. The molecule has 0 bridgehead atoms. The zero-order valence-corrected chi connectivity index (χ0v) is 19.9. The number of carbonyl (C=O) groups is 3. The smallest absolute Gasteiger partial charge is 0.422 e. The Morgan fingerprint density at radius 3 is 2.57 bits per heavy atom. The second-order valence-electron chi connectivity index (χ2n) is 8.99. The van der Waals surface area contributed by atoms with Crippen molar-refractivity contribution in [2.24, 2.45) is 5.73 Å². The molecule has 0 radical (unpaired) electrons. The number of nitrogens with two attached hydrogens (primary N) is 1. The molecule has 3 aromatic rings. The van der Waals surface area contributed by atoms with Crippen molar-refractivity contribution < 1.29 is 23.5 Å². The molecule has 0 unspecified atom stereocenters. The van der Waals surface area contributed by atoms with Crippen LogP contribution in [-0.2, 0) is 25.9 Å². The number of β-lactam (4-membered cyclic amide) rings is 1. The van der Waals surface area contributed by atoms with Crippen LogP contribution in [0.1, 0.15) is 25.5 Å². The van der Waals surface area contributed by atoms with Gasteiger partial charge in [-0.25, -0.2) is 14.2 Å². The maximum atomic E-state index is 13.1. The zero-order chi connectivity index (χ0) is 24.9. The van der Waals surface area contributed by atoms with Gasteiger partial charge in [0.05, 0.1) is 5.52 Å². The zero-order valence-electron chi connectivity index (χ0n) is 19.0. The summed E-state index contributed by atoms with van der Waals surface area (Å²) in [5, 5.41) is 2.30. The van der Waals surface area contributed by atoms with E-state index in [1.54, 1.807) is 48.5 Å². The van der Waals surface area contributed by atoms with Crippen molar-refractivity contribution in [1.29, 1.82) is 0 Å². The first-order chi connectivity index (χ1) is 16.7. The van der Waals surface area contributed by atoms with E-state index in [-0.39, 0.29) is 12.6 Å². The molecule has 4 atom stereocenters. The quantitative estimate of drug-likeness (QED) is 0.385. The minimum absolute atomic E-state index is 0.343. The number of thioether (sulfide) groups is 1. The number of ether oxygens (including phenoxy) is 1. The highest BCUT2D eigenvalue weighted by molar-refractivity contribution is 8.01. The van der Waals surface area contributed by atoms with Gasteiger partial charge in [0.2, 0.25) is 11.8 Å². The predicted molar refractivity (Wildman–Crippen MR) is 128 cm³/mol. The molecule has 5 rings (SSSR count). The Morgan fingerprint density at radius 1 is 1.14 bits per heavy atom. The molecule has 2 fully saturated rings. The van der Waals surface area contributed by atoms with E-state index in [0.717, 1.165) is 0 Å². The van der Waals surface area contributed by atoms with Crippen molar-refractivity contribution in [2.75, 3.05) is 0 Å². The largest absolute Gasteiger partial charge is 0.442 e. The van der Waals surface area contributed by atoms with E-state index in [2.05, 4.69) is 5.32 Å². The van der Waals surface area contributed by atoms with E-state index in [1.165, 1.54) is 21.2 Å². The van der Waals surface area contributed by atoms with Gasteiger partial charge in [-0.2, -0.15) is 0 Å². The fourth-order valence-corrected chi connectivity index (χ4v) is 6.15. The van der Waals surface area contributed by atoms with Crippen molar-refractivity contribution in [3.63, 3.8) is 0 Å². The first-order valence-corrected chi connectivity index (χ1v) is 11.9. The summed E-state index contributed by atoms with van der Waals surface area (Å²) in [5.74, 6) is -2.13. The number of aromatic nitrogens is 1. The summed E-state index contributed by atoms with van der Waals surface area (Å²) in [5.41, 5.74) is 7.58. The summed E-state index contributed by atoms with van der Waals surface area (Å²) in [6.07, 6.45) is 0. The van der Waals surface area contributed by atoms with Crippen LogP contribution in [0, 0.1) is 0 Å². The summed E-state index contributed by atoms with van der Waals surface area (Å²) < 4.78 is 11.2. The van der Waals surface area contributed by atoms with Crippen LogP contribution in [0.2, 0.25) is 0 Å². The van der Waals surface area contributed by atoms with E-state index in [0.29, 0.717) is 16.7 Å². The molecule has 35 heavy (non-hydrogen) atoms. The summed E-state index contributed by atoms with van der Waals surface area (Å²) >= 11 is 1.41. The molecule has 11 heteroatoms. The van der Waals surface area contributed by atoms with Gasteiger partial charge in [-0.3, -0.25) is 9.59 Å². The third kappa shape index (κ3) is 3.90. The number of amides is 2. The average molecular weight is 497 g/mol. The lowest BCUT2D eigenvalue weighted by Crippen LogP contribution is -2.71. The minimum atomic E-state index is -0.915. The first kappa shape index (κ1) is 23.2. The molecule has 0 spiro atoms. The highest BCUT2D eigenvalue weighted by Gasteiger charge is 2.64. The molecule has 3 N–H and O–H groups in total. The van der Waals surface area contributed by atoms with Crippen LogP contribution >= 0.6 is 11.8 Å². The van der Waals surface area contributed by atoms with Crippen LogP contribution < -0.4 is 16.8 Å². The van der Waals surface area contributed by atoms with Gasteiger partial charge in [0, 0.05) is 4.75 Å². The summed E-state index contributed by atoms with van der Waals surface area (Å²) in [4.78, 5) is 52.3. The number of carbonyl (C=O) groups excluding carboxylic acids is 3. The van der Waals surface area contributed by atoms with E-state index in [1.807, 2.05) is 19.9 Å². The van der Waals surface area contributed by atoms with Crippen LogP contribution in [0.4, 0.5) is 0 Å². The Balaban J connectivity index is 1.27. The number of rotatable bonds is 6. The molecule has 3 heterocycles. The summed E-state index contributed by atoms with van der Waals surface area (Å²) in [7, 11) is 0. The van der Waals surface area contributed by atoms with Crippen molar-refractivity contribution >= 4 is 40.6 Å². The number of para-hydroxylation sites is 2. The van der Waals surface area contributed by atoms with Crippen molar-refractivity contribution in [3.05, 3.63) is 70.7 Å². The molecule has 2 amide bonds. The van der Waals surface area contributed by atoms with Gasteiger partial charge >= 0.3 is 11.7 Å². The van der Waals surface area contributed by atoms with Gasteiger partial charge in [0.15, 0.2) is 12.3 Å². The molecule has 1 aromatic heterocycles. The molecule has 2 aliphatic rings. The van der Waals surface area contributed by atoms with Gasteiger partial charge in [0.25, 0.3) is 0 Å². The molecular weight excluding hydrogens is 472 g/mol. The SMILES string of the molecule is CC1(C)S[C@@H]2[C@H](NC(=O)[C@@H](N)c3ccccc3)C(=O)N2[C@H]1C(=O)OCn1c(=O)oc2ccccc21. The number of nitrogens with one attached hydrogen (secondary N) is 1. The van der Waals surface area contributed by atoms with E-state index < -0.39 is 45.9 Å². The lowest BCUT2D eigenvalue weighted by molar-refractivity contribution is -0.166. The van der Waals surface area contributed by atoms with E-state index in [9.17, 15) is 19.2 Å². The standard InChI is InChI=1S/C24H24N4O6S/c1-24(2)18(22(31)33-12-27-14-10-6-7-11-15(14)34-23(27)32)28-20(30)17(21(28)35-24)26-19(29)16(25)13-8-4-3-5-9-13/h3-11,16-18,21H,12,25H2,1-2H3,(H,26,29)/t16-,17+,18-,21+/m0/s1. The number of benzene rings is 2. The second-order valence-corrected chi connectivity index (χ2v) is 10.8. The van der Waals surface area contributed by atoms with Gasteiger partial charge in [-0.05, 0) is 31.5 Å². The highest BCUT2D eigenvalue weighted by Crippen LogP contribution is 2.51.